The Bertz CT molecular complexity index is 1900. The molecule has 10 aliphatic rings. The first-order valence-electron chi connectivity index (χ1n) is 24.8. The van der Waals surface area contributed by atoms with Crippen molar-refractivity contribution in [2.75, 3.05) is 0 Å². The summed E-state index contributed by atoms with van der Waals surface area (Å²) in [5, 5.41) is 27.2. The summed E-state index contributed by atoms with van der Waals surface area (Å²) >= 11 is -0.276. The Morgan fingerprint density at radius 2 is 0.932 bits per heavy atom. The molecule has 12 rings (SSSR count). The average Bonchev–Trinajstić information content (AvgIpc) is 3.44. The summed E-state index contributed by atoms with van der Waals surface area (Å²) < 4.78 is 0. The van der Waals surface area contributed by atoms with Crippen molar-refractivity contribution in [3.8, 4) is 11.5 Å². The van der Waals surface area contributed by atoms with Crippen LogP contribution in [0.3, 0.4) is 0 Å². The van der Waals surface area contributed by atoms with Crippen molar-refractivity contribution in [3.05, 3.63) is 57.6 Å². The molecule has 1 heterocycles. The summed E-state index contributed by atoms with van der Waals surface area (Å²) in [6.45, 7) is 19.4. The van der Waals surface area contributed by atoms with Crippen molar-refractivity contribution in [1.82, 2.24) is 0 Å². The van der Waals surface area contributed by atoms with Crippen molar-refractivity contribution >= 4 is 15.9 Å². The maximum atomic E-state index is 12.8. The van der Waals surface area contributed by atoms with Gasteiger partial charge in [0, 0.05) is 0 Å². The Balaban J connectivity index is 1.06. The Morgan fingerprint density at radius 3 is 1.27 bits per heavy atom. The third kappa shape index (κ3) is 7.41. The Hall–Kier alpha value is -0.546. The zero-order valence-electron chi connectivity index (χ0n) is 38.5. The second kappa shape index (κ2) is 15.0. The zero-order valence-corrected chi connectivity index (χ0v) is 41.7. The van der Waals surface area contributed by atoms with Gasteiger partial charge in [-0.15, -0.1) is 0 Å². The van der Waals surface area contributed by atoms with Crippen molar-refractivity contribution in [3.63, 3.8) is 0 Å². The SMILES string of the molecule is CCC12CC3CC(C1)CC(c1cc(C(C)(C)C)cc(C[S]4=[Ti]=[S](Cc5cc(C(C)(C)C)cc(C67CC8CC(CC(CC)(C8)C6)C7)c5O)[C@H]5CCCCCCC54)c1O)(C3)C2. The maximum absolute atomic E-state index is 12.8. The minimum absolute atomic E-state index is 0.0604. The van der Waals surface area contributed by atoms with Crippen LogP contribution in [-0.2, 0) is 48.6 Å². The summed E-state index contributed by atoms with van der Waals surface area (Å²) in [6, 6.07) is 10.1. The normalized spacial score (nSPS) is 41.0. The molecular formula is C54H80O2S2Ti. The summed E-state index contributed by atoms with van der Waals surface area (Å²) in [4.78, 5) is 0. The van der Waals surface area contributed by atoms with Gasteiger partial charge in [0.15, 0.2) is 0 Å². The van der Waals surface area contributed by atoms with E-state index in [4.69, 9.17) is 0 Å². The first kappa shape index (κ1) is 42.4. The van der Waals surface area contributed by atoms with Crippen LogP contribution in [0.4, 0.5) is 0 Å². The molecule has 2 N–H and O–H groups in total. The number of rotatable bonds is 8. The number of fused-ring (bicyclic) bond motifs is 1. The van der Waals surface area contributed by atoms with Crippen LogP contribution in [0.2, 0.25) is 0 Å². The van der Waals surface area contributed by atoms with E-state index in [-0.39, 0.29) is 37.1 Å². The average molecular weight is 873 g/mol. The molecule has 0 aromatic heterocycles. The van der Waals surface area contributed by atoms with Crippen molar-refractivity contribution in [2.24, 2.45) is 34.5 Å². The van der Waals surface area contributed by atoms with Crippen molar-refractivity contribution < 1.29 is 25.7 Å². The van der Waals surface area contributed by atoms with Gasteiger partial charge in [0.1, 0.15) is 0 Å². The molecule has 5 heteroatoms. The monoisotopic (exact) mass is 873 g/mol. The predicted molar refractivity (Wildman–Crippen MR) is 250 cm³/mol. The van der Waals surface area contributed by atoms with E-state index in [1.165, 1.54) is 162 Å². The van der Waals surface area contributed by atoms with Crippen LogP contribution in [0.25, 0.3) is 0 Å². The fraction of sp³-hybridized carbons (Fsp3) is 0.778. The first-order valence-corrected chi connectivity index (χ1v) is 31.6. The summed E-state index contributed by atoms with van der Waals surface area (Å²) in [5.41, 5.74) is 9.75. The van der Waals surface area contributed by atoms with Crippen molar-refractivity contribution in [2.45, 2.75) is 227 Å². The van der Waals surface area contributed by atoms with Crippen LogP contribution >= 0.6 is 15.9 Å². The number of hydrogen-bond acceptors (Lipinski definition) is 2. The molecule has 9 aliphatic carbocycles. The van der Waals surface area contributed by atoms with Gasteiger partial charge in [0.25, 0.3) is 0 Å². The molecule has 59 heavy (non-hydrogen) atoms. The van der Waals surface area contributed by atoms with Crippen LogP contribution in [0, 0.1) is 34.5 Å². The van der Waals surface area contributed by atoms with Crippen LogP contribution in [-0.4, -0.2) is 20.7 Å². The Labute approximate surface area is 370 Å². The predicted octanol–water partition coefficient (Wildman–Crippen LogP) is 15.4. The van der Waals surface area contributed by atoms with Gasteiger partial charge in [-0.3, -0.25) is 0 Å². The van der Waals surface area contributed by atoms with Crippen LogP contribution in [0.5, 0.6) is 11.5 Å². The molecule has 8 bridgehead atoms. The van der Waals surface area contributed by atoms with E-state index in [1.807, 2.05) is 0 Å². The Morgan fingerprint density at radius 1 is 0.559 bits per heavy atom. The van der Waals surface area contributed by atoms with Gasteiger partial charge in [-0.2, -0.15) is 0 Å². The molecule has 0 spiro atoms. The van der Waals surface area contributed by atoms with Gasteiger partial charge in [0.2, 0.25) is 0 Å². The number of benzene rings is 2. The van der Waals surface area contributed by atoms with Gasteiger partial charge in [-0.05, 0) is 0 Å². The second-order valence-electron chi connectivity index (χ2n) is 25.1. The topological polar surface area (TPSA) is 40.5 Å². The molecule has 1 aliphatic heterocycles. The van der Waals surface area contributed by atoms with Crippen LogP contribution in [0.1, 0.15) is 217 Å². The molecule has 0 radical (unpaired) electrons. The first-order chi connectivity index (χ1) is 27.9. The van der Waals surface area contributed by atoms with E-state index in [2.05, 4.69) is 79.7 Å². The van der Waals surface area contributed by atoms with E-state index < -0.39 is 0 Å². The van der Waals surface area contributed by atoms with Gasteiger partial charge in [0.05, 0.1) is 0 Å². The summed E-state index contributed by atoms with van der Waals surface area (Å²) in [5.74, 6) is 7.07. The standard InChI is InChI=1S/C54H80O2S2.Ti/c1-9-51-23-35-17-36(24-51)28-53(27-35,33-51)43-21-41(49(3,4)5)19-39(47(43)55)31-57-45-15-13-11-12-14-16-46(45)58-32-40-20-42(50(6,7)8)22-44(48(40)56)54-29-37-18-38(30-54)26-52(10-2,25-37)34-54;/h19-22,35-38,45-46,55-56H,9-18,23-34H2,1-8H3;/t35?,36?,37?,38?,45-,46?,51?,52?,53?,54?;/m0./s1. The quantitative estimate of drug-likeness (QED) is 0.260. The summed E-state index contributed by atoms with van der Waals surface area (Å²) in [7, 11) is 0.706. The fourth-order valence-corrected chi connectivity index (χ4v) is 37.4. The van der Waals surface area contributed by atoms with E-state index in [0.717, 1.165) is 57.2 Å². The van der Waals surface area contributed by atoms with E-state index >= 15 is 0 Å². The molecule has 9 saturated carbocycles. The minimum atomic E-state index is -0.276. The third-order valence-electron chi connectivity index (χ3n) is 18.8. The van der Waals surface area contributed by atoms with Crippen LogP contribution in [0.15, 0.2) is 24.3 Å². The molecule has 8 atom stereocenters. The van der Waals surface area contributed by atoms with Gasteiger partial charge >= 0.3 is 373 Å². The number of phenols is 2. The zero-order chi connectivity index (χ0) is 41.3. The van der Waals surface area contributed by atoms with Crippen LogP contribution < -0.4 is 0 Å². The number of hydrogen-bond donors (Lipinski definition) is 2. The van der Waals surface area contributed by atoms with Gasteiger partial charge in [-0.25, -0.2) is 0 Å². The third-order valence-corrected chi connectivity index (χ3v) is 34.8. The molecule has 2 nitrogen and oxygen atoms in total. The molecule has 7 unspecified atom stereocenters. The van der Waals surface area contributed by atoms with Gasteiger partial charge < -0.3 is 0 Å². The molecule has 0 saturated heterocycles. The van der Waals surface area contributed by atoms with E-state index in [0.29, 0.717) is 26.8 Å². The molecular weight excluding hydrogens is 793 g/mol. The fourth-order valence-electron chi connectivity index (χ4n) is 16.6. The van der Waals surface area contributed by atoms with E-state index in [1.54, 1.807) is 0 Å². The Kier molecular flexibility index (Phi) is 10.8. The second-order valence-corrected chi connectivity index (χ2v) is 36.5. The van der Waals surface area contributed by atoms with Gasteiger partial charge in [-0.1, -0.05) is 0 Å². The van der Waals surface area contributed by atoms with E-state index in [9.17, 15) is 10.2 Å². The molecule has 2 aromatic rings. The molecule has 9 fully saturated rings. The van der Waals surface area contributed by atoms with Crippen molar-refractivity contribution in [1.29, 1.82) is 0 Å². The number of aromatic hydroxyl groups is 2. The number of phenolic OH excluding ortho intramolecular Hbond substituents is 2. The molecule has 324 valence electrons. The molecule has 0 amide bonds. The summed E-state index contributed by atoms with van der Waals surface area (Å²) in [6.07, 6.45) is 27.4. The molecule has 2 aromatic carbocycles.